The Bertz CT molecular complexity index is 510. The Labute approximate surface area is 215 Å². The lowest BCUT2D eigenvalue weighted by molar-refractivity contribution is -0.156. The van der Waals surface area contributed by atoms with Crippen LogP contribution >= 0.6 is 0 Å². The Balaban J connectivity index is 3.12. The van der Waals surface area contributed by atoms with Crippen LogP contribution in [0.15, 0.2) is 0 Å². The molecule has 12 heteroatoms. The summed E-state index contributed by atoms with van der Waals surface area (Å²) in [4.78, 5) is 22.3. The second-order valence-corrected chi connectivity index (χ2v) is 8.25. The van der Waals surface area contributed by atoms with E-state index in [1.165, 1.54) is 7.11 Å². The molecule has 36 heavy (non-hydrogen) atoms. The van der Waals surface area contributed by atoms with Gasteiger partial charge in [-0.2, -0.15) is 0 Å². The first-order valence-corrected chi connectivity index (χ1v) is 12.3. The first-order valence-electron chi connectivity index (χ1n) is 12.3. The van der Waals surface area contributed by atoms with Crippen LogP contribution in [0, 0.1) is 0 Å². The predicted octanol–water partition coefficient (Wildman–Crippen LogP) is 1.02. The van der Waals surface area contributed by atoms with Crippen molar-refractivity contribution in [3.05, 3.63) is 0 Å². The van der Waals surface area contributed by atoms with Crippen LogP contribution in [0.5, 0.6) is 0 Å². The van der Waals surface area contributed by atoms with Gasteiger partial charge in [-0.25, -0.2) is 4.79 Å². The van der Waals surface area contributed by atoms with E-state index in [4.69, 9.17) is 42.6 Å². The molecule has 0 aliphatic carbocycles. The van der Waals surface area contributed by atoms with Crippen LogP contribution in [-0.2, 0) is 57.0 Å². The molecule has 0 N–H and O–H groups in total. The van der Waals surface area contributed by atoms with Crippen molar-refractivity contribution < 1.29 is 57.0 Å². The summed E-state index contributed by atoms with van der Waals surface area (Å²) in [6.45, 7) is 12.0. The summed E-state index contributed by atoms with van der Waals surface area (Å²) in [5.74, 6) is -0.678. The monoisotopic (exact) mass is 526 g/mol. The summed E-state index contributed by atoms with van der Waals surface area (Å²) >= 11 is 0. The molecule has 0 fully saturated rings. The normalized spacial score (nSPS) is 11.6. The number of rotatable bonds is 26. The molecule has 0 aromatic heterocycles. The summed E-state index contributed by atoms with van der Waals surface area (Å²) < 4.78 is 52.3. The topological polar surface area (TPSA) is 126 Å². The maximum absolute atomic E-state index is 11.5. The predicted molar refractivity (Wildman–Crippen MR) is 129 cm³/mol. The minimum atomic E-state index is -0.473. The Hall–Kier alpha value is -1.38. The maximum atomic E-state index is 11.5. The zero-order valence-electron chi connectivity index (χ0n) is 22.4. The van der Waals surface area contributed by atoms with Gasteiger partial charge in [0.1, 0.15) is 12.2 Å². The van der Waals surface area contributed by atoms with Gasteiger partial charge in [-0.3, -0.25) is 4.79 Å². The fourth-order valence-corrected chi connectivity index (χ4v) is 2.30. The van der Waals surface area contributed by atoms with Crippen LogP contribution in [0.25, 0.3) is 0 Å². The lowest BCUT2D eigenvalue weighted by atomic mass is 10.2. The second-order valence-electron chi connectivity index (χ2n) is 8.25. The molecule has 0 saturated heterocycles. The van der Waals surface area contributed by atoms with Gasteiger partial charge in [-0.15, -0.1) is 0 Å². The largest absolute Gasteiger partial charge is 0.467 e. The number of carbonyl (C=O) groups excluding carboxylic acids is 2. The fourth-order valence-electron chi connectivity index (χ4n) is 2.30. The third kappa shape index (κ3) is 28.9. The molecular weight excluding hydrogens is 480 g/mol. The molecule has 214 valence electrons. The van der Waals surface area contributed by atoms with Crippen molar-refractivity contribution in [3.63, 3.8) is 0 Å². The van der Waals surface area contributed by atoms with Gasteiger partial charge in [0.2, 0.25) is 0 Å². The highest BCUT2D eigenvalue weighted by atomic mass is 16.6. The minimum absolute atomic E-state index is 0.0719. The van der Waals surface area contributed by atoms with Gasteiger partial charge in [0, 0.05) is 0 Å². The number of hydrogen-bond acceptors (Lipinski definition) is 12. The van der Waals surface area contributed by atoms with Crippen LogP contribution in [-0.4, -0.2) is 130 Å². The maximum Gasteiger partial charge on any atom is 0.331 e. The zero-order valence-corrected chi connectivity index (χ0v) is 22.4. The summed E-state index contributed by atoms with van der Waals surface area (Å²) in [6, 6.07) is 0. The van der Waals surface area contributed by atoms with Crippen molar-refractivity contribution in [2.45, 2.75) is 32.8 Å². The average molecular weight is 527 g/mol. The van der Waals surface area contributed by atoms with Gasteiger partial charge in [0.25, 0.3) is 0 Å². The van der Waals surface area contributed by atoms with Gasteiger partial charge in [0.15, 0.2) is 0 Å². The van der Waals surface area contributed by atoms with Gasteiger partial charge >= 0.3 is 11.9 Å². The number of carbonyl (C=O) groups is 2. The molecule has 0 rings (SSSR count). The summed E-state index contributed by atoms with van der Waals surface area (Å²) in [5, 5.41) is 0. The average Bonchev–Trinajstić information content (AvgIpc) is 2.82. The molecule has 0 spiro atoms. The van der Waals surface area contributed by atoms with E-state index in [-0.39, 0.29) is 19.0 Å². The minimum Gasteiger partial charge on any atom is -0.467 e. The number of esters is 2. The molecule has 0 amide bonds. The van der Waals surface area contributed by atoms with E-state index in [2.05, 4.69) is 4.74 Å². The lowest BCUT2D eigenvalue weighted by Crippen LogP contribution is -2.24. The molecule has 0 aromatic carbocycles. The Morgan fingerprint density at radius 3 is 1.08 bits per heavy atom. The van der Waals surface area contributed by atoms with E-state index in [0.717, 1.165) is 0 Å². The lowest BCUT2D eigenvalue weighted by Gasteiger charge is -2.19. The van der Waals surface area contributed by atoms with Crippen LogP contribution in [0.2, 0.25) is 0 Å². The summed E-state index contributed by atoms with van der Waals surface area (Å²) in [6.07, 6.45) is 0.230. The molecule has 0 aliphatic rings. The Kier molecular flexibility index (Phi) is 24.3. The quantitative estimate of drug-likeness (QED) is 0.118. The molecule has 0 aliphatic heterocycles. The van der Waals surface area contributed by atoms with Crippen LogP contribution < -0.4 is 0 Å². The highest BCUT2D eigenvalue weighted by Gasteiger charge is 2.15. The molecule has 0 saturated carbocycles. The molecule has 0 unspecified atom stereocenters. The fraction of sp³-hybridized carbons (Fsp3) is 0.917. The van der Waals surface area contributed by atoms with Gasteiger partial charge in [-0.05, 0) is 20.8 Å². The number of ether oxygens (including phenoxy) is 10. The smallest absolute Gasteiger partial charge is 0.331 e. The SMILES string of the molecule is COC(=O)COCCOCCOCCOCCOCCOCCOCCOCCC(=O)OC(C)(C)C. The third-order valence-electron chi connectivity index (χ3n) is 3.92. The molecule has 0 radical (unpaired) electrons. The molecule has 0 atom stereocenters. The molecular formula is C24H46O12. The van der Waals surface area contributed by atoms with Crippen LogP contribution in [0.3, 0.4) is 0 Å². The van der Waals surface area contributed by atoms with Crippen molar-refractivity contribution in [3.8, 4) is 0 Å². The third-order valence-corrected chi connectivity index (χ3v) is 3.92. The number of hydrogen-bond donors (Lipinski definition) is 0. The zero-order chi connectivity index (χ0) is 26.7. The van der Waals surface area contributed by atoms with Crippen molar-refractivity contribution >= 4 is 11.9 Å². The van der Waals surface area contributed by atoms with Crippen molar-refractivity contribution in [2.24, 2.45) is 0 Å². The first-order chi connectivity index (χ1) is 17.3. The Morgan fingerprint density at radius 2 is 0.778 bits per heavy atom. The van der Waals surface area contributed by atoms with E-state index < -0.39 is 11.6 Å². The molecule has 0 bridgehead atoms. The first kappa shape index (κ1) is 34.6. The molecule has 0 heterocycles. The van der Waals surface area contributed by atoms with E-state index >= 15 is 0 Å². The second kappa shape index (κ2) is 25.3. The highest BCUT2D eigenvalue weighted by Crippen LogP contribution is 2.08. The summed E-state index contributed by atoms with van der Waals surface area (Å²) in [7, 11) is 1.31. The van der Waals surface area contributed by atoms with E-state index in [9.17, 15) is 9.59 Å². The summed E-state index contributed by atoms with van der Waals surface area (Å²) in [5.41, 5.74) is -0.473. The van der Waals surface area contributed by atoms with Crippen molar-refractivity contribution in [2.75, 3.05) is 113 Å². The molecule has 0 aromatic rings. The van der Waals surface area contributed by atoms with Crippen molar-refractivity contribution in [1.29, 1.82) is 0 Å². The van der Waals surface area contributed by atoms with Gasteiger partial charge in [0.05, 0.1) is 113 Å². The van der Waals surface area contributed by atoms with E-state index in [1.54, 1.807) is 0 Å². The van der Waals surface area contributed by atoms with E-state index in [0.29, 0.717) is 99.1 Å². The van der Waals surface area contributed by atoms with Crippen LogP contribution in [0.1, 0.15) is 27.2 Å². The van der Waals surface area contributed by atoms with Gasteiger partial charge < -0.3 is 47.4 Å². The van der Waals surface area contributed by atoms with E-state index in [1.807, 2.05) is 20.8 Å². The standard InChI is InChI=1S/C24H46O12/c1-24(2,3)36-22(25)5-6-28-7-8-29-9-10-30-11-12-31-13-14-32-15-16-33-17-18-34-19-20-35-21-23(26)27-4/h5-21H2,1-4H3. The highest BCUT2D eigenvalue weighted by molar-refractivity contribution is 5.70. The number of methoxy groups -OCH3 is 1. The van der Waals surface area contributed by atoms with Crippen molar-refractivity contribution in [1.82, 2.24) is 0 Å². The molecule has 12 nitrogen and oxygen atoms in total. The van der Waals surface area contributed by atoms with Gasteiger partial charge in [-0.1, -0.05) is 0 Å². The van der Waals surface area contributed by atoms with Crippen LogP contribution in [0.4, 0.5) is 0 Å². The Morgan fingerprint density at radius 1 is 0.472 bits per heavy atom.